The highest BCUT2D eigenvalue weighted by molar-refractivity contribution is 5.91. The molecular weight excluding hydrogens is 140 g/mol. The topological polar surface area (TPSA) is 46.3 Å². The van der Waals surface area contributed by atoms with E-state index in [4.69, 9.17) is 5.73 Å². The Labute approximate surface area is 66.9 Å². The molecule has 0 saturated carbocycles. The Morgan fingerprint density at radius 3 is 2.27 bits per heavy atom. The lowest BCUT2D eigenvalue weighted by Gasteiger charge is -2.26. The van der Waals surface area contributed by atoms with Gasteiger partial charge in [0.1, 0.15) is 0 Å². The predicted octanol–water partition coefficient (Wildman–Crippen LogP) is 0.471. The minimum Gasteiger partial charge on any atom is -0.395 e. The highest BCUT2D eigenvalue weighted by Crippen LogP contribution is 2.09. The molecule has 1 rings (SSSR count). The molecule has 11 heavy (non-hydrogen) atoms. The third-order valence-corrected chi connectivity index (χ3v) is 1.92. The number of piperidine rings is 1. The lowest BCUT2D eigenvalue weighted by molar-refractivity contribution is -0.128. The highest BCUT2D eigenvalue weighted by Gasteiger charge is 2.16. The largest absolute Gasteiger partial charge is 0.395 e. The normalized spacial score (nSPS) is 18.0. The number of hydrogen-bond donors (Lipinski definition) is 1. The molecule has 0 spiro atoms. The van der Waals surface area contributed by atoms with Gasteiger partial charge in [0.05, 0.1) is 5.70 Å². The summed E-state index contributed by atoms with van der Waals surface area (Å²) in [6.45, 7) is 5.10. The Morgan fingerprint density at radius 2 is 1.82 bits per heavy atom. The van der Waals surface area contributed by atoms with Crippen LogP contribution in [0.4, 0.5) is 0 Å². The van der Waals surface area contributed by atoms with E-state index >= 15 is 0 Å². The minimum atomic E-state index is -0.0929. The van der Waals surface area contributed by atoms with E-state index in [-0.39, 0.29) is 11.6 Å². The fraction of sp³-hybridized carbons (Fsp3) is 0.625. The average Bonchev–Trinajstić information content (AvgIpc) is 2.05. The number of nitrogens with two attached hydrogens (primary N) is 1. The molecule has 0 unspecified atom stereocenters. The van der Waals surface area contributed by atoms with Gasteiger partial charge in [-0.1, -0.05) is 6.58 Å². The maximum absolute atomic E-state index is 11.2. The van der Waals surface area contributed by atoms with Gasteiger partial charge in [-0.05, 0) is 19.3 Å². The number of rotatable bonds is 1. The smallest absolute Gasteiger partial charge is 0.269 e. The van der Waals surface area contributed by atoms with E-state index in [1.807, 2.05) is 0 Å². The van der Waals surface area contributed by atoms with E-state index in [2.05, 4.69) is 6.58 Å². The first-order valence-corrected chi connectivity index (χ1v) is 3.95. The summed E-state index contributed by atoms with van der Waals surface area (Å²) in [5.74, 6) is -0.0929. The molecule has 0 aromatic carbocycles. The van der Waals surface area contributed by atoms with Crippen LogP contribution >= 0.6 is 0 Å². The molecule has 1 fully saturated rings. The summed E-state index contributed by atoms with van der Waals surface area (Å²) in [6, 6.07) is 0. The van der Waals surface area contributed by atoms with Crippen LogP contribution in [0.15, 0.2) is 12.3 Å². The number of nitrogens with zero attached hydrogens (tertiary/aromatic N) is 1. The molecule has 3 heteroatoms. The second-order valence-electron chi connectivity index (χ2n) is 2.88. The van der Waals surface area contributed by atoms with Crippen molar-refractivity contribution in [3.8, 4) is 0 Å². The first-order chi connectivity index (χ1) is 5.22. The molecule has 1 heterocycles. The summed E-state index contributed by atoms with van der Waals surface area (Å²) < 4.78 is 0. The van der Waals surface area contributed by atoms with Crippen molar-refractivity contribution < 1.29 is 4.79 Å². The summed E-state index contributed by atoms with van der Waals surface area (Å²) in [6.07, 6.45) is 3.42. The maximum Gasteiger partial charge on any atom is 0.269 e. The summed E-state index contributed by atoms with van der Waals surface area (Å²) in [5.41, 5.74) is 5.44. The molecule has 0 aromatic rings. The zero-order valence-electron chi connectivity index (χ0n) is 6.68. The first kappa shape index (κ1) is 8.11. The molecule has 0 atom stereocenters. The fourth-order valence-corrected chi connectivity index (χ4v) is 1.30. The van der Waals surface area contributed by atoms with Crippen LogP contribution in [-0.4, -0.2) is 23.9 Å². The molecule has 1 amide bonds. The number of hydrogen-bond acceptors (Lipinski definition) is 2. The fourth-order valence-electron chi connectivity index (χ4n) is 1.30. The van der Waals surface area contributed by atoms with Gasteiger partial charge >= 0.3 is 0 Å². The van der Waals surface area contributed by atoms with Crippen LogP contribution in [0.3, 0.4) is 0 Å². The Hall–Kier alpha value is -0.990. The van der Waals surface area contributed by atoms with E-state index in [1.165, 1.54) is 6.42 Å². The Bertz CT molecular complexity index is 171. The monoisotopic (exact) mass is 154 g/mol. The van der Waals surface area contributed by atoms with Gasteiger partial charge in [-0.25, -0.2) is 0 Å². The van der Waals surface area contributed by atoms with Crippen molar-refractivity contribution in [3.63, 3.8) is 0 Å². The highest BCUT2D eigenvalue weighted by atomic mass is 16.2. The van der Waals surface area contributed by atoms with Gasteiger partial charge in [-0.2, -0.15) is 0 Å². The van der Waals surface area contributed by atoms with E-state index in [0.29, 0.717) is 0 Å². The Balaban J connectivity index is 2.45. The molecule has 0 radical (unpaired) electrons. The quantitative estimate of drug-likeness (QED) is 0.558. The zero-order valence-corrected chi connectivity index (χ0v) is 6.68. The molecule has 0 bridgehead atoms. The van der Waals surface area contributed by atoms with Crippen LogP contribution in [0.5, 0.6) is 0 Å². The van der Waals surface area contributed by atoms with Crippen molar-refractivity contribution in [3.05, 3.63) is 12.3 Å². The van der Waals surface area contributed by atoms with Crippen LogP contribution < -0.4 is 5.73 Å². The van der Waals surface area contributed by atoms with E-state index < -0.39 is 0 Å². The Kier molecular flexibility index (Phi) is 2.52. The van der Waals surface area contributed by atoms with Crippen LogP contribution in [0.1, 0.15) is 19.3 Å². The third-order valence-electron chi connectivity index (χ3n) is 1.92. The van der Waals surface area contributed by atoms with Crippen molar-refractivity contribution in [2.24, 2.45) is 5.73 Å². The third kappa shape index (κ3) is 1.97. The lowest BCUT2D eigenvalue weighted by Crippen LogP contribution is -2.37. The minimum absolute atomic E-state index is 0.0929. The number of amides is 1. The molecule has 1 aliphatic rings. The zero-order chi connectivity index (χ0) is 8.27. The van der Waals surface area contributed by atoms with Crippen molar-refractivity contribution in [2.75, 3.05) is 13.1 Å². The number of carbonyl (C=O) groups is 1. The summed E-state index contributed by atoms with van der Waals surface area (Å²) in [5, 5.41) is 0. The average molecular weight is 154 g/mol. The molecule has 1 saturated heterocycles. The van der Waals surface area contributed by atoms with Gasteiger partial charge in [0.2, 0.25) is 0 Å². The van der Waals surface area contributed by atoms with Crippen molar-refractivity contribution in [1.29, 1.82) is 0 Å². The SMILES string of the molecule is C=C(N)C(=O)N1CCCCC1. The molecular formula is C8H14N2O. The second-order valence-corrected chi connectivity index (χ2v) is 2.88. The van der Waals surface area contributed by atoms with Crippen molar-refractivity contribution >= 4 is 5.91 Å². The van der Waals surface area contributed by atoms with Gasteiger partial charge in [-0.15, -0.1) is 0 Å². The van der Waals surface area contributed by atoms with Gasteiger partial charge in [-0.3, -0.25) is 4.79 Å². The molecule has 2 N–H and O–H groups in total. The van der Waals surface area contributed by atoms with Gasteiger partial charge in [0, 0.05) is 13.1 Å². The lowest BCUT2D eigenvalue weighted by atomic mass is 10.1. The standard InChI is InChI=1S/C8H14N2O/c1-7(9)8(11)10-5-3-2-4-6-10/h1-6,9H2. The summed E-state index contributed by atoms with van der Waals surface area (Å²) >= 11 is 0. The molecule has 62 valence electrons. The molecule has 3 nitrogen and oxygen atoms in total. The number of likely N-dealkylation sites (tertiary alicyclic amines) is 1. The maximum atomic E-state index is 11.2. The van der Waals surface area contributed by atoms with Crippen molar-refractivity contribution in [1.82, 2.24) is 4.90 Å². The second kappa shape index (κ2) is 3.42. The molecule has 0 aromatic heterocycles. The predicted molar refractivity (Wildman–Crippen MR) is 43.8 cm³/mol. The van der Waals surface area contributed by atoms with Gasteiger partial charge < -0.3 is 10.6 Å². The first-order valence-electron chi connectivity index (χ1n) is 3.95. The summed E-state index contributed by atoms with van der Waals surface area (Å²) in [4.78, 5) is 13.0. The van der Waals surface area contributed by atoms with Crippen molar-refractivity contribution in [2.45, 2.75) is 19.3 Å². The Morgan fingerprint density at radius 1 is 1.27 bits per heavy atom. The summed E-state index contributed by atoms with van der Waals surface area (Å²) in [7, 11) is 0. The van der Waals surface area contributed by atoms with Crippen LogP contribution in [0.2, 0.25) is 0 Å². The van der Waals surface area contributed by atoms with Crippen LogP contribution in [-0.2, 0) is 4.79 Å². The van der Waals surface area contributed by atoms with Gasteiger partial charge in [0.25, 0.3) is 5.91 Å². The molecule has 1 aliphatic heterocycles. The van der Waals surface area contributed by atoms with E-state index in [0.717, 1.165) is 25.9 Å². The van der Waals surface area contributed by atoms with Crippen LogP contribution in [0.25, 0.3) is 0 Å². The molecule has 0 aliphatic carbocycles. The van der Waals surface area contributed by atoms with E-state index in [1.54, 1.807) is 4.90 Å². The van der Waals surface area contributed by atoms with E-state index in [9.17, 15) is 4.79 Å². The van der Waals surface area contributed by atoms with Crippen LogP contribution in [0, 0.1) is 0 Å². The van der Waals surface area contributed by atoms with Gasteiger partial charge in [0.15, 0.2) is 0 Å². The number of carbonyl (C=O) groups excluding carboxylic acids is 1.